The first-order valence-electron chi connectivity index (χ1n) is 6.42. The zero-order valence-corrected chi connectivity index (χ0v) is 12.3. The van der Waals surface area contributed by atoms with Gasteiger partial charge in [0.15, 0.2) is 5.82 Å². The molecule has 0 aliphatic rings. The summed E-state index contributed by atoms with van der Waals surface area (Å²) in [7, 11) is 0. The van der Waals surface area contributed by atoms with Crippen molar-refractivity contribution >= 4 is 11.6 Å². The average Bonchev–Trinajstić information content (AvgIpc) is 2.75. The second-order valence-electron chi connectivity index (χ2n) is 5.08. The second kappa shape index (κ2) is 5.72. The third-order valence-corrected chi connectivity index (χ3v) is 3.49. The van der Waals surface area contributed by atoms with E-state index in [0.29, 0.717) is 12.5 Å². The van der Waals surface area contributed by atoms with Gasteiger partial charge in [-0.25, -0.2) is 0 Å². The molecule has 5 heteroatoms. The Labute approximate surface area is 118 Å². The quantitative estimate of drug-likeness (QED) is 0.935. The number of aryl methyl sites for hydroxylation is 1. The second-order valence-corrected chi connectivity index (χ2v) is 5.46. The SMILES string of the molecule is Cc1cccc(-c2nnc(CN)n2CC(C)C)c1Cl. The van der Waals surface area contributed by atoms with Crippen LogP contribution in [0.5, 0.6) is 0 Å². The monoisotopic (exact) mass is 278 g/mol. The summed E-state index contributed by atoms with van der Waals surface area (Å²) in [6, 6.07) is 5.93. The van der Waals surface area contributed by atoms with E-state index in [1.807, 2.05) is 25.1 Å². The Morgan fingerprint density at radius 1 is 1.32 bits per heavy atom. The Morgan fingerprint density at radius 3 is 2.68 bits per heavy atom. The Hall–Kier alpha value is -1.39. The molecule has 1 aromatic heterocycles. The normalized spacial score (nSPS) is 11.3. The van der Waals surface area contributed by atoms with Gasteiger partial charge in [0.2, 0.25) is 0 Å². The van der Waals surface area contributed by atoms with E-state index in [0.717, 1.165) is 34.3 Å². The van der Waals surface area contributed by atoms with Gasteiger partial charge < -0.3 is 10.3 Å². The minimum atomic E-state index is 0.378. The summed E-state index contributed by atoms with van der Waals surface area (Å²) in [6.07, 6.45) is 0. The zero-order chi connectivity index (χ0) is 14.0. The van der Waals surface area contributed by atoms with Gasteiger partial charge in [0, 0.05) is 12.1 Å². The van der Waals surface area contributed by atoms with Crippen LogP contribution in [0.4, 0.5) is 0 Å². The summed E-state index contributed by atoms with van der Waals surface area (Å²) in [4.78, 5) is 0. The van der Waals surface area contributed by atoms with E-state index in [4.69, 9.17) is 17.3 Å². The standard InChI is InChI=1S/C14H19ClN4/c1-9(2)8-19-12(7-16)17-18-14(19)11-6-4-5-10(3)13(11)15/h4-6,9H,7-8,16H2,1-3H3. The maximum absolute atomic E-state index is 6.38. The first kappa shape index (κ1) is 14.0. The van der Waals surface area contributed by atoms with Crippen molar-refractivity contribution in [3.05, 3.63) is 34.6 Å². The molecule has 19 heavy (non-hydrogen) atoms. The number of aromatic nitrogens is 3. The fourth-order valence-corrected chi connectivity index (χ4v) is 2.27. The van der Waals surface area contributed by atoms with E-state index < -0.39 is 0 Å². The summed E-state index contributed by atoms with van der Waals surface area (Å²) >= 11 is 6.38. The van der Waals surface area contributed by atoms with Gasteiger partial charge in [-0.1, -0.05) is 37.6 Å². The van der Waals surface area contributed by atoms with Gasteiger partial charge in [0.05, 0.1) is 11.6 Å². The van der Waals surface area contributed by atoms with Crippen molar-refractivity contribution in [3.63, 3.8) is 0 Å². The molecule has 1 aromatic carbocycles. The van der Waals surface area contributed by atoms with Crippen LogP contribution in [0.3, 0.4) is 0 Å². The molecule has 0 spiro atoms. The Kier molecular flexibility index (Phi) is 4.22. The lowest BCUT2D eigenvalue weighted by Gasteiger charge is -2.13. The van der Waals surface area contributed by atoms with E-state index in [2.05, 4.69) is 28.6 Å². The highest BCUT2D eigenvalue weighted by Crippen LogP contribution is 2.29. The lowest BCUT2D eigenvalue weighted by molar-refractivity contribution is 0.510. The van der Waals surface area contributed by atoms with E-state index >= 15 is 0 Å². The van der Waals surface area contributed by atoms with Crippen molar-refractivity contribution in [1.29, 1.82) is 0 Å². The molecule has 4 nitrogen and oxygen atoms in total. The Bertz CT molecular complexity index is 575. The molecule has 2 rings (SSSR count). The molecule has 0 saturated carbocycles. The number of hydrogen-bond acceptors (Lipinski definition) is 3. The van der Waals surface area contributed by atoms with E-state index in [1.165, 1.54) is 0 Å². The molecule has 0 bridgehead atoms. The van der Waals surface area contributed by atoms with Crippen LogP contribution in [0.25, 0.3) is 11.4 Å². The van der Waals surface area contributed by atoms with Crippen LogP contribution < -0.4 is 5.73 Å². The molecule has 0 saturated heterocycles. The van der Waals surface area contributed by atoms with Gasteiger partial charge in [-0.05, 0) is 24.5 Å². The summed E-state index contributed by atoms with van der Waals surface area (Å²) in [6.45, 7) is 7.50. The highest BCUT2D eigenvalue weighted by atomic mass is 35.5. The van der Waals surface area contributed by atoms with Gasteiger partial charge >= 0.3 is 0 Å². The number of nitrogens with two attached hydrogens (primary N) is 1. The van der Waals surface area contributed by atoms with E-state index in [1.54, 1.807) is 0 Å². The summed E-state index contributed by atoms with van der Waals surface area (Å²) in [5, 5.41) is 9.15. The van der Waals surface area contributed by atoms with E-state index in [-0.39, 0.29) is 0 Å². The van der Waals surface area contributed by atoms with Crippen molar-refractivity contribution in [1.82, 2.24) is 14.8 Å². The molecule has 0 aliphatic heterocycles. The first-order chi connectivity index (χ1) is 9.04. The third-order valence-electron chi connectivity index (χ3n) is 2.99. The number of halogens is 1. The summed E-state index contributed by atoms with van der Waals surface area (Å²) in [5.41, 5.74) is 7.68. The van der Waals surface area contributed by atoms with Crippen molar-refractivity contribution in [3.8, 4) is 11.4 Å². The van der Waals surface area contributed by atoms with Gasteiger partial charge in [0.25, 0.3) is 0 Å². The van der Waals surface area contributed by atoms with Crippen molar-refractivity contribution in [2.24, 2.45) is 11.7 Å². The lowest BCUT2D eigenvalue weighted by Crippen LogP contribution is -2.13. The topological polar surface area (TPSA) is 56.7 Å². The first-order valence-corrected chi connectivity index (χ1v) is 6.80. The van der Waals surface area contributed by atoms with Crippen molar-refractivity contribution in [2.75, 3.05) is 0 Å². The van der Waals surface area contributed by atoms with Gasteiger partial charge in [-0.3, -0.25) is 0 Å². The minimum Gasteiger partial charge on any atom is -0.324 e. The Morgan fingerprint density at radius 2 is 2.05 bits per heavy atom. The van der Waals surface area contributed by atoms with Crippen molar-refractivity contribution in [2.45, 2.75) is 33.9 Å². The molecule has 2 aromatic rings. The van der Waals surface area contributed by atoms with Gasteiger partial charge in [-0.2, -0.15) is 0 Å². The maximum Gasteiger partial charge on any atom is 0.165 e. The summed E-state index contributed by atoms with van der Waals surface area (Å²) < 4.78 is 2.06. The van der Waals surface area contributed by atoms with Crippen LogP contribution in [0.1, 0.15) is 25.2 Å². The number of nitrogens with zero attached hydrogens (tertiary/aromatic N) is 3. The summed E-state index contributed by atoms with van der Waals surface area (Å²) in [5.74, 6) is 2.08. The molecular formula is C14H19ClN4. The predicted octanol–water partition coefficient (Wildman–Crippen LogP) is 3.02. The predicted molar refractivity (Wildman–Crippen MR) is 77.9 cm³/mol. The van der Waals surface area contributed by atoms with Crippen LogP contribution in [0.15, 0.2) is 18.2 Å². The smallest absolute Gasteiger partial charge is 0.165 e. The molecule has 0 fully saturated rings. The minimum absolute atomic E-state index is 0.378. The fraction of sp³-hybridized carbons (Fsp3) is 0.429. The third kappa shape index (κ3) is 2.80. The van der Waals surface area contributed by atoms with Crippen LogP contribution >= 0.6 is 11.6 Å². The van der Waals surface area contributed by atoms with Crippen LogP contribution in [0.2, 0.25) is 5.02 Å². The molecule has 0 aliphatic carbocycles. The molecule has 0 unspecified atom stereocenters. The number of benzene rings is 1. The molecular weight excluding hydrogens is 260 g/mol. The molecule has 1 heterocycles. The molecule has 2 N–H and O–H groups in total. The highest BCUT2D eigenvalue weighted by Gasteiger charge is 2.16. The highest BCUT2D eigenvalue weighted by molar-refractivity contribution is 6.33. The van der Waals surface area contributed by atoms with Crippen molar-refractivity contribution < 1.29 is 0 Å². The number of rotatable bonds is 4. The largest absolute Gasteiger partial charge is 0.324 e. The fourth-order valence-electron chi connectivity index (χ4n) is 2.06. The van der Waals surface area contributed by atoms with Gasteiger partial charge in [-0.15, -0.1) is 10.2 Å². The number of hydrogen-bond donors (Lipinski definition) is 1. The zero-order valence-electron chi connectivity index (χ0n) is 11.5. The lowest BCUT2D eigenvalue weighted by atomic mass is 10.1. The molecule has 0 radical (unpaired) electrons. The van der Waals surface area contributed by atoms with Gasteiger partial charge in [0.1, 0.15) is 5.82 Å². The van der Waals surface area contributed by atoms with E-state index in [9.17, 15) is 0 Å². The average molecular weight is 279 g/mol. The maximum atomic E-state index is 6.38. The molecule has 0 amide bonds. The van der Waals surface area contributed by atoms with Crippen LogP contribution in [0, 0.1) is 12.8 Å². The Balaban J connectivity index is 2.55. The molecule has 0 atom stereocenters. The van der Waals surface area contributed by atoms with Crippen LogP contribution in [-0.2, 0) is 13.1 Å². The molecule has 102 valence electrons. The van der Waals surface area contributed by atoms with Crippen LogP contribution in [-0.4, -0.2) is 14.8 Å².